The van der Waals surface area contributed by atoms with Gasteiger partial charge in [-0.25, -0.2) is 9.78 Å². The molecule has 0 atom stereocenters. The van der Waals surface area contributed by atoms with E-state index >= 15 is 0 Å². The van der Waals surface area contributed by atoms with Gasteiger partial charge in [0.25, 0.3) is 0 Å². The number of aromatic nitrogens is 2. The zero-order chi connectivity index (χ0) is 14.8. The molecular formula is C15H20N4O2. The smallest absolute Gasteiger partial charge is 0.339 e. The van der Waals surface area contributed by atoms with Gasteiger partial charge in [0.15, 0.2) is 0 Å². The Kier molecular flexibility index (Phi) is 3.90. The number of hydrogen-bond donors (Lipinski definition) is 0. The van der Waals surface area contributed by atoms with E-state index in [4.69, 9.17) is 4.74 Å². The van der Waals surface area contributed by atoms with Crippen molar-refractivity contribution in [1.82, 2.24) is 19.2 Å². The van der Waals surface area contributed by atoms with E-state index in [0.717, 1.165) is 44.1 Å². The number of esters is 1. The number of pyridine rings is 1. The molecule has 1 fully saturated rings. The zero-order valence-electron chi connectivity index (χ0n) is 12.5. The molecule has 0 unspecified atom stereocenters. The summed E-state index contributed by atoms with van der Waals surface area (Å²) in [4.78, 5) is 20.9. The van der Waals surface area contributed by atoms with Crippen molar-refractivity contribution in [3.8, 4) is 0 Å². The standard InChI is InChI=1S/C15H20N4O2/c1-17-5-7-18(8-6-17)10-13-11-19-9-12(15(20)21-2)3-4-14(19)16-13/h3-4,9,11H,5-8,10H2,1-2H3. The molecule has 6 nitrogen and oxygen atoms in total. The number of ether oxygens (including phenoxy) is 1. The van der Waals surface area contributed by atoms with Gasteiger partial charge in [-0.3, -0.25) is 4.90 Å². The highest BCUT2D eigenvalue weighted by atomic mass is 16.5. The van der Waals surface area contributed by atoms with Gasteiger partial charge in [0.1, 0.15) is 5.65 Å². The Labute approximate surface area is 123 Å². The Bertz CT molecular complexity index is 644. The van der Waals surface area contributed by atoms with Crippen LogP contribution in [0.25, 0.3) is 5.65 Å². The fraction of sp³-hybridized carbons (Fsp3) is 0.467. The van der Waals surface area contributed by atoms with Crippen molar-refractivity contribution in [3.05, 3.63) is 35.8 Å². The van der Waals surface area contributed by atoms with Crippen molar-refractivity contribution < 1.29 is 9.53 Å². The van der Waals surface area contributed by atoms with Crippen LogP contribution in [0.2, 0.25) is 0 Å². The molecule has 21 heavy (non-hydrogen) atoms. The Morgan fingerprint density at radius 1 is 1.24 bits per heavy atom. The maximum atomic E-state index is 11.5. The lowest BCUT2D eigenvalue weighted by molar-refractivity contribution is 0.0600. The molecule has 1 aliphatic heterocycles. The van der Waals surface area contributed by atoms with E-state index in [1.807, 2.05) is 16.7 Å². The summed E-state index contributed by atoms with van der Waals surface area (Å²) in [6, 6.07) is 3.59. The van der Waals surface area contributed by atoms with Crippen LogP contribution < -0.4 is 0 Å². The topological polar surface area (TPSA) is 50.1 Å². The fourth-order valence-corrected chi connectivity index (χ4v) is 2.59. The van der Waals surface area contributed by atoms with Gasteiger partial charge in [0.05, 0.1) is 18.4 Å². The molecule has 1 aliphatic rings. The first kappa shape index (κ1) is 14.0. The quantitative estimate of drug-likeness (QED) is 0.784. The van der Waals surface area contributed by atoms with E-state index in [1.54, 1.807) is 12.3 Å². The first-order chi connectivity index (χ1) is 10.2. The molecule has 6 heteroatoms. The van der Waals surface area contributed by atoms with Gasteiger partial charge in [0, 0.05) is 45.1 Å². The van der Waals surface area contributed by atoms with E-state index in [-0.39, 0.29) is 5.97 Å². The predicted octanol–water partition coefficient (Wildman–Crippen LogP) is 0.868. The van der Waals surface area contributed by atoms with Crippen LogP contribution in [-0.2, 0) is 11.3 Å². The van der Waals surface area contributed by atoms with Crippen LogP contribution >= 0.6 is 0 Å². The van der Waals surface area contributed by atoms with Crippen LogP contribution in [0, 0.1) is 0 Å². The third kappa shape index (κ3) is 3.06. The Morgan fingerprint density at radius 2 is 2.00 bits per heavy atom. The van der Waals surface area contributed by atoms with Crippen molar-refractivity contribution >= 4 is 11.6 Å². The number of likely N-dealkylation sites (N-methyl/N-ethyl adjacent to an activating group) is 1. The third-order valence-electron chi connectivity index (χ3n) is 3.90. The molecule has 3 rings (SSSR count). The Hall–Kier alpha value is -1.92. The summed E-state index contributed by atoms with van der Waals surface area (Å²) in [5.41, 5.74) is 2.42. The lowest BCUT2D eigenvalue weighted by Gasteiger charge is -2.31. The Balaban J connectivity index is 1.76. The lowest BCUT2D eigenvalue weighted by Crippen LogP contribution is -2.43. The maximum absolute atomic E-state index is 11.5. The van der Waals surface area contributed by atoms with Gasteiger partial charge >= 0.3 is 5.97 Å². The number of piperazine rings is 1. The minimum Gasteiger partial charge on any atom is -0.465 e. The normalized spacial score (nSPS) is 17.2. The molecule has 112 valence electrons. The third-order valence-corrected chi connectivity index (χ3v) is 3.90. The molecule has 2 aromatic rings. The molecule has 0 N–H and O–H groups in total. The van der Waals surface area contributed by atoms with Crippen molar-refractivity contribution in [2.24, 2.45) is 0 Å². The molecule has 3 heterocycles. The molecule has 2 aromatic heterocycles. The van der Waals surface area contributed by atoms with Crippen LogP contribution in [0.3, 0.4) is 0 Å². The summed E-state index contributed by atoms with van der Waals surface area (Å²) in [6.45, 7) is 5.18. The second-order valence-electron chi connectivity index (χ2n) is 5.49. The highest BCUT2D eigenvalue weighted by Gasteiger charge is 2.15. The number of imidazole rings is 1. The SMILES string of the molecule is COC(=O)c1ccc2nc(CN3CCN(C)CC3)cn2c1. The van der Waals surface area contributed by atoms with Crippen LogP contribution in [0.4, 0.5) is 0 Å². The van der Waals surface area contributed by atoms with Crippen LogP contribution in [0.15, 0.2) is 24.5 Å². The lowest BCUT2D eigenvalue weighted by atomic mass is 10.3. The summed E-state index contributed by atoms with van der Waals surface area (Å²) >= 11 is 0. The van der Waals surface area contributed by atoms with Gasteiger partial charge in [-0.2, -0.15) is 0 Å². The summed E-state index contributed by atoms with van der Waals surface area (Å²) in [6.07, 6.45) is 3.75. The minimum atomic E-state index is -0.328. The van der Waals surface area contributed by atoms with Gasteiger partial charge in [-0.15, -0.1) is 0 Å². The highest BCUT2D eigenvalue weighted by molar-refractivity contribution is 5.89. The van der Waals surface area contributed by atoms with E-state index in [0.29, 0.717) is 5.56 Å². The molecule has 0 saturated carbocycles. The van der Waals surface area contributed by atoms with E-state index in [1.165, 1.54) is 7.11 Å². The monoisotopic (exact) mass is 288 g/mol. The van der Waals surface area contributed by atoms with Crippen LogP contribution in [0.5, 0.6) is 0 Å². The van der Waals surface area contributed by atoms with Crippen molar-refractivity contribution in [2.45, 2.75) is 6.54 Å². The summed E-state index contributed by atoms with van der Waals surface area (Å²) in [7, 11) is 3.54. The first-order valence-electron chi connectivity index (χ1n) is 7.12. The molecule has 0 amide bonds. The highest BCUT2D eigenvalue weighted by Crippen LogP contribution is 2.11. The number of carbonyl (C=O) groups is 1. The maximum Gasteiger partial charge on any atom is 0.339 e. The number of nitrogens with zero attached hydrogens (tertiary/aromatic N) is 4. The van der Waals surface area contributed by atoms with Crippen molar-refractivity contribution in [2.75, 3.05) is 40.3 Å². The Morgan fingerprint density at radius 3 is 2.71 bits per heavy atom. The predicted molar refractivity (Wildman–Crippen MR) is 79.3 cm³/mol. The number of rotatable bonds is 3. The molecule has 0 radical (unpaired) electrons. The number of hydrogen-bond acceptors (Lipinski definition) is 5. The van der Waals surface area contributed by atoms with Crippen LogP contribution in [-0.4, -0.2) is 65.5 Å². The number of methoxy groups -OCH3 is 1. The number of fused-ring (bicyclic) bond motifs is 1. The van der Waals surface area contributed by atoms with E-state index in [9.17, 15) is 4.79 Å². The van der Waals surface area contributed by atoms with Crippen molar-refractivity contribution in [1.29, 1.82) is 0 Å². The second kappa shape index (κ2) is 5.83. The van der Waals surface area contributed by atoms with E-state index in [2.05, 4.69) is 21.8 Å². The largest absolute Gasteiger partial charge is 0.465 e. The van der Waals surface area contributed by atoms with Crippen molar-refractivity contribution in [3.63, 3.8) is 0 Å². The summed E-state index contributed by atoms with van der Waals surface area (Å²) in [5.74, 6) is -0.328. The zero-order valence-corrected chi connectivity index (χ0v) is 12.5. The van der Waals surface area contributed by atoms with E-state index < -0.39 is 0 Å². The molecule has 0 bridgehead atoms. The first-order valence-corrected chi connectivity index (χ1v) is 7.12. The average Bonchev–Trinajstić information content (AvgIpc) is 2.90. The fourth-order valence-electron chi connectivity index (χ4n) is 2.59. The summed E-state index contributed by atoms with van der Waals surface area (Å²) < 4.78 is 6.62. The van der Waals surface area contributed by atoms with Gasteiger partial charge in [0.2, 0.25) is 0 Å². The number of carbonyl (C=O) groups excluding carboxylic acids is 1. The summed E-state index contributed by atoms with van der Waals surface area (Å²) in [5, 5.41) is 0. The molecule has 0 spiro atoms. The van der Waals surface area contributed by atoms with Crippen LogP contribution in [0.1, 0.15) is 16.1 Å². The molecule has 0 aliphatic carbocycles. The van der Waals surface area contributed by atoms with Gasteiger partial charge in [-0.1, -0.05) is 0 Å². The van der Waals surface area contributed by atoms with Gasteiger partial charge in [-0.05, 0) is 19.2 Å². The minimum absolute atomic E-state index is 0.328. The van der Waals surface area contributed by atoms with Gasteiger partial charge < -0.3 is 14.0 Å². The average molecular weight is 288 g/mol. The molecule has 0 aromatic carbocycles. The molecule has 1 saturated heterocycles. The second-order valence-corrected chi connectivity index (χ2v) is 5.49. The molecular weight excluding hydrogens is 268 g/mol.